The molecule has 5 atom stereocenters. The fraction of sp³-hybridized carbons (Fsp3) is 0.600. The first-order valence-electron chi connectivity index (χ1n) is 5.30. The molecule has 1 fully saturated rings. The van der Waals surface area contributed by atoms with E-state index in [1.807, 2.05) is 10.2 Å². The lowest BCUT2D eigenvalue weighted by Crippen LogP contribution is -3.57. The van der Waals surface area contributed by atoms with Crippen LogP contribution in [0.2, 0.25) is 0 Å². The maximum atomic E-state index is 9.95. The summed E-state index contributed by atoms with van der Waals surface area (Å²) in [6.07, 6.45) is -1.18. The van der Waals surface area contributed by atoms with Gasteiger partial charge in [-0.1, -0.05) is 0 Å². The molecule has 0 amide bonds. The highest BCUT2D eigenvalue weighted by Crippen LogP contribution is 2.38. The molecule has 0 unspecified atom stereocenters. The van der Waals surface area contributed by atoms with Crippen LogP contribution in [-0.2, 0) is 13.8 Å². The Kier molecular flexibility index (Phi) is 5.51. The Morgan fingerprint density at radius 3 is 2.79 bits per heavy atom. The number of aliphatic hydroxyl groups excluding tert-OH is 3. The Balaban J connectivity index is 2.19. The van der Waals surface area contributed by atoms with E-state index in [1.165, 1.54) is 0 Å². The van der Waals surface area contributed by atoms with E-state index in [2.05, 4.69) is 15.9 Å². The summed E-state index contributed by atoms with van der Waals surface area (Å²) >= 11 is 8.14. The van der Waals surface area contributed by atoms with Crippen molar-refractivity contribution in [2.45, 2.75) is 29.1 Å². The van der Waals surface area contributed by atoms with Gasteiger partial charge in [0.1, 0.15) is 6.10 Å². The molecule has 0 bridgehead atoms. The van der Waals surface area contributed by atoms with Crippen LogP contribution in [0.4, 0.5) is 0 Å². The van der Waals surface area contributed by atoms with E-state index in [0.29, 0.717) is 3.77 Å². The first kappa shape index (κ1) is 16.0. The van der Waals surface area contributed by atoms with Crippen molar-refractivity contribution in [2.75, 3.05) is 6.61 Å². The smallest absolute Gasteiger partial charge is 0.391 e. The molecule has 2 aliphatic heterocycles. The van der Waals surface area contributed by atoms with Crippen LogP contribution in [0.5, 0.6) is 0 Å². The first-order chi connectivity index (χ1) is 9.01. The first-order valence-corrected chi connectivity index (χ1v) is 8.72. The highest BCUT2D eigenvalue weighted by molar-refractivity contribution is 9.10. The van der Waals surface area contributed by atoms with Crippen molar-refractivity contribution >= 4 is 27.8 Å². The molecule has 6 nitrogen and oxygen atoms in total. The van der Waals surface area contributed by atoms with Crippen molar-refractivity contribution in [3.8, 4) is 0 Å². The normalized spacial score (nSPS) is 42.3. The largest absolute Gasteiger partial charge is 0.449 e. The molecule has 0 aromatic heterocycles. The van der Waals surface area contributed by atoms with E-state index in [-0.39, 0.29) is 0 Å². The number of hydrogen-bond acceptors (Lipinski definition) is 6. The van der Waals surface area contributed by atoms with E-state index in [9.17, 15) is 15.3 Å². The quantitative estimate of drug-likeness (QED) is 0.303. The minimum absolute atomic E-state index is 0.397. The van der Waals surface area contributed by atoms with E-state index in [0.717, 1.165) is 0 Å². The maximum absolute atomic E-state index is 9.95. The van der Waals surface area contributed by atoms with Crippen LogP contribution in [0.3, 0.4) is 0 Å². The van der Waals surface area contributed by atoms with Gasteiger partial charge in [-0.3, -0.25) is 4.29 Å². The van der Waals surface area contributed by atoms with Crippen LogP contribution in [0.1, 0.15) is 0 Å². The molecule has 2 rings (SSSR count). The van der Waals surface area contributed by atoms with Crippen molar-refractivity contribution in [1.29, 1.82) is 0 Å². The third-order valence-electron chi connectivity index (χ3n) is 2.70. The van der Waals surface area contributed by atoms with Crippen LogP contribution in [0, 0.1) is 0 Å². The molecule has 0 radical (unpaired) electrons. The molecular formula is C10H12BrClIO6+. The zero-order valence-corrected chi connectivity index (χ0v) is 13.9. The van der Waals surface area contributed by atoms with Gasteiger partial charge in [0, 0.05) is 6.08 Å². The molecular weight excluding hydrogens is 458 g/mol. The Labute approximate surface area is 133 Å². The molecule has 108 valence electrons. The van der Waals surface area contributed by atoms with Gasteiger partial charge in [-0.05, 0) is 22.0 Å². The van der Waals surface area contributed by atoms with Crippen molar-refractivity contribution in [3.63, 3.8) is 0 Å². The maximum Gasteiger partial charge on any atom is 0.391 e. The third kappa shape index (κ3) is 3.26. The van der Waals surface area contributed by atoms with E-state index >= 15 is 0 Å². The van der Waals surface area contributed by atoms with Crippen molar-refractivity contribution in [2.24, 2.45) is 0 Å². The van der Waals surface area contributed by atoms with Gasteiger partial charge in [-0.15, -0.1) is 0 Å². The molecule has 0 aromatic rings. The van der Waals surface area contributed by atoms with Crippen LogP contribution >= 0.6 is 27.8 Å². The van der Waals surface area contributed by atoms with Crippen molar-refractivity contribution in [1.82, 2.24) is 0 Å². The van der Waals surface area contributed by atoms with E-state index in [1.54, 1.807) is 6.08 Å². The lowest BCUT2D eigenvalue weighted by atomic mass is 9.99. The van der Waals surface area contributed by atoms with Crippen LogP contribution < -0.4 is 21.2 Å². The second-order valence-electron chi connectivity index (χ2n) is 3.93. The lowest BCUT2D eigenvalue weighted by Gasteiger charge is -2.44. The number of ether oxygens (including phenoxy) is 2. The summed E-state index contributed by atoms with van der Waals surface area (Å²) in [5, 5.41) is 29.0. The Hall–Kier alpha value is 0.580. The summed E-state index contributed by atoms with van der Waals surface area (Å²) in [4.78, 5) is 0. The fourth-order valence-electron chi connectivity index (χ4n) is 1.74. The Bertz CT molecular complexity index is 394. The van der Waals surface area contributed by atoms with Gasteiger partial charge in [0.05, 0.1) is 18.5 Å². The molecule has 19 heavy (non-hydrogen) atoms. The molecule has 2 aliphatic rings. The van der Waals surface area contributed by atoms with E-state index < -0.39 is 56.9 Å². The summed E-state index contributed by atoms with van der Waals surface area (Å²) in [7, 11) is 0. The molecule has 0 spiro atoms. The second-order valence-corrected chi connectivity index (χ2v) is 7.86. The molecule has 3 N–H and O–H groups in total. The highest BCUT2D eigenvalue weighted by Gasteiger charge is 2.56. The average molecular weight is 470 g/mol. The van der Waals surface area contributed by atoms with Crippen molar-refractivity contribution in [3.05, 3.63) is 20.0 Å². The number of allylic oxidation sites excluding steroid dienone is 2. The monoisotopic (exact) mass is 469 g/mol. The minimum Gasteiger partial charge on any atom is -0.449 e. The van der Waals surface area contributed by atoms with Gasteiger partial charge < -0.3 is 24.8 Å². The van der Waals surface area contributed by atoms with Crippen LogP contribution in [-0.4, -0.2) is 51.0 Å². The zero-order chi connectivity index (χ0) is 14.0. The van der Waals surface area contributed by atoms with Gasteiger partial charge in [0.15, 0.2) is 27.1 Å². The second kappa shape index (κ2) is 6.56. The molecule has 0 aliphatic carbocycles. The standard InChI is InChI=1S/C10H12BrClIO6/c11-10(4-14)8(19-12)7(6(15)9(16)18-10)17-5-2-1-3-13-5/h1-3,6-9,14-16H,4H2/q+1/t6-,7-,8-,9-,10-/m1/s1. The summed E-state index contributed by atoms with van der Waals surface area (Å²) in [6, 6.07) is 0. The molecule has 1 saturated heterocycles. The Morgan fingerprint density at radius 1 is 1.53 bits per heavy atom. The third-order valence-corrected chi connectivity index (χ3v) is 5.78. The van der Waals surface area contributed by atoms with Gasteiger partial charge in [0.2, 0.25) is 0 Å². The average Bonchev–Trinajstić information content (AvgIpc) is 2.89. The summed E-state index contributed by atoms with van der Waals surface area (Å²) in [5.74, 6) is 0. The van der Waals surface area contributed by atoms with E-state index in [4.69, 9.17) is 25.6 Å². The van der Waals surface area contributed by atoms with Gasteiger partial charge >= 0.3 is 25.0 Å². The number of aliphatic hydroxyl groups is 3. The van der Waals surface area contributed by atoms with Crippen LogP contribution in [0.15, 0.2) is 20.0 Å². The molecule has 2 heterocycles. The van der Waals surface area contributed by atoms with Crippen LogP contribution in [0.25, 0.3) is 0 Å². The van der Waals surface area contributed by atoms with Crippen molar-refractivity contribution < 1.29 is 50.3 Å². The topological polar surface area (TPSA) is 88.4 Å². The summed E-state index contributed by atoms with van der Waals surface area (Å²) in [6.45, 7) is -0.514. The van der Waals surface area contributed by atoms with Gasteiger partial charge in [-0.25, -0.2) is 0 Å². The number of halogens is 3. The molecule has 0 saturated carbocycles. The minimum atomic E-state index is -1.52. The number of hydrogen-bond donors (Lipinski definition) is 3. The molecule has 0 aromatic carbocycles. The predicted molar refractivity (Wildman–Crippen MR) is 64.7 cm³/mol. The SMILES string of the molecule is OC[C@@]1(Br)O[C@@H](O)[C@H](O)[C@@H](OC2=CC=C[I+]2)[C@H]1OCl. The fourth-order valence-corrected chi connectivity index (χ4v) is 4.27. The number of alkyl halides is 1. The lowest BCUT2D eigenvalue weighted by molar-refractivity contribution is -0.567. The molecule has 9 heteroatoms. The summed E-state index contributed by atoms with van der Waals surface area (Å²) in [5.41, 5.74) is 0. The Morgan fingerprint density at radius 2 is 2.26 bits per heavy atom. The summed E-state index contributed by atoms with van der Waals surface area (Å²) < 4.78 is 16.7. The zero-order valence-electron chi connectivity index (χ0n) is 9.45. The van der Waals surface area contributed by atoms with Gasteiger partial charge in [-0.2, -0.15) is 0 Å². The van der Waals surface area contributed by atoms with Gasteiger partial charge in [0.25, 0.3) is 0 Å². The highest BCUT2D eigenvalue weighted by atomic mass is 127. The number of rotatable bonds is 4. The predicted octanol–water partition coefficient (Wildman–Crippen LogP) is -2.84.